The standard InChI is InChI=1S/C16H25ClO3/c1-14(16(17)15-6-4-3-5-7-15)8-9-19-12-13-20-11-10-18-2/h3-7,14,16H,8-13H2,1-2H3. The molecule has 0 bridgehead atoms. The first-order valence-corrected chi connectivity index (χ1v) is 7.52. The molecule has 2 unspecified atom stereocenters. The lowest BCUT2D eigenvalue weighted by atomic mass is 9.98. The Hall–Kier alpha value is -0.610. The number of hydrogen-bond donors (Lipinski definition) is 0. The number of halogens is 1. The summed E-state index contributed by atoms with van der Waals surface area (Å²) in [5.41, 5.74) is 1.17. The van der Waals surface area contributed by atoms with Gasteiger partial charge in [-0.2, -0.15) is 0 Å². The van der Waals surface area contributed by atoms with Crippen molar-refractivity contribution in [3.63, 3.8) is 0 Å². The quantitative estimate of drug-likeness (QED) is 0.461. The van der Waals surface area contributed by atoms with Crippen molar-refractivity contribution in [1.82, 2.24) is 0 Å². The summed E-state index contributed by atoms with van der Waals surface area (Å²) in [6.45, 7) is 5.35. The van der Waals surface area contributed by atoms with Crippen molar-refractivity contribution in [3.8, 4) is 0 Å². The predicted octanol–water partition coefficient (Wildman–Crippen LogP) is 3.67. The van der Waals surface area contributed by atoms with Crippen LogP contribution in [0.5, 0.6) is 0 Å². The molecule has 0 radical (unpaired) electrons. The van der Waals surface area contributed by atoms with Crippen molar-refractivity contribution in [2.45, 2.75) is 18.7 Å². The molecule has 3 nitrogen and oxygen atoms in total. The molecule has 114 valence electrons. The highest BCUT2D eigenvalue weighted by Gasteiger charge is 2.15. The molecular formula is C16H25ClO3. The van der Waals surface area contributed by atoms with Crippen molar-refractivity contribution in [2.75, 3.05) is 40.1 Å². The molecule has 0 heterocycles. The molecule has 0 aromatic heterocycles. The van der Waals surface area contributed by atoms with Crippen molar-refractivity contribution >= 4 is 11.6 Å². The van der Waals surface area contributed by atoms with E-state index in [1.165, 1.54) is 5.56 Å². The van der Waals surface area contributed by atoms with E-state index in [0.717, 1.165) is 6.42 Å². The molecule has 1 aromatic carbocycles. The first-order valence-electron chi connectivity index (χ1n) is 7.09. The molecule has 1 rings (SSSR count). The van der Waals surface area contributed by atoms with E-state index >= 15 is 0 Å². The minimum atomic E-state index is 0.0396. The second-order valence-corrected chi connectivity index (χ2v) is 5.27. The third kappa shape index (κ3) is 7.25. The Morgan fingerprint density at radius 3 is 2.20 bits per heavy atom. The van der Waals surface area contributed by atoms with E-state index in [1.807, 2.05) is 18.2 Å². The van der Waals surface area contributed by atoms with Crippen LogP contribution in [0.25, 0.3) is 0 Å². The Kier molecular flexibility index (Phi) is 9.67. The minimum Gasteiger partial charge on any atom is -0.382 e. The van der Waals surface area contributed by atoms with E-state index in [9.17, 15) is 0 Å². The smallest absolute Gasteiger partial charge is 0.0701 e. The van der Waals surface area contributed by atoms with Crippen LogP contribution in [0.15, 0.2) is 30.3 Å². The normalized spacial score (nSPS) is 14.2. The monoisotopic (exact) mass is 300 g/mol. The molecule has 0 aliphatic carbocycles. The van der Waals surface area contributed by atoms with Gasteiger partial charge in [0.05, 0.1) is 31.8 Å². The van der Waals surface area contributed by atoms with Gasteiger partial charge in [-0.3, -0.25) is 0 Å². The van der Waals surface area contributed by atoms with Crippen molar-refractivity contribution < 1.29 is 14.2 Å². The molecule has 0 amide bonds. The van der Waals surface area contributed by atoms with Gasteiger partial charge in [0.15, 0.2) is 0 Å². The van der Waals surface area contributed by atoms with Crippen LogP contribution in [0, 0.1) is 5.92 Å². The first kappa shape index (κ1) is 17.4. The minimum absolute atomic E-state index is 0.0396. The molecule has 4 heteroatoms. The van der Waals surface area contributed by atoms with Crippen LogP contribution in [0.4, 0.5) is 0 Å². The van der Waals surface area contributed by atoms with Gasteiger partial charge in [-0.15, -0.1) is 11.6 Å². The zero-order valence-electron chi connectivity index (χ0n) is 12.4. The summed E-state index contributed by atoms with van der Waals surface area (Å²) in [5, 5.41) is 0.0396. The molecular weight excluding hydrogens is 276 g/mol. The lowest BCUT2D eigenvalue weighted by Gasteiger charge is -2.18. The van der Waals surface area contributed by atoms with Gasteiger partial charge in [-0.1, -0.05) is 37.3 Å². The average Bonchev–Trinajstić information content (AvgIpc) is 2.50. The van der Waals surface area contributed by atoms with Crippen LogP contribution in [0.1, 0.15) is 24.3 Å². The Morgan fingerprint density at radius 2 is 1.55 bits per heavy atom. The highest BCUT2D eigenvalue weighted by molar-refractivity contribution is 6.20. The largest absolute Gasteiger partial charge is 0.382 e. The molecule has 0 saturated heterocycles. The Labute approximate surface area is 127 Å². The molecule has 0 fully saturated rings. The number of alkyl halides is 1. The molecule has 0 aliphatic heterocycles. The third-order valence-electron chi connectivity index (χ3n) is 3.14. The highest BCUT2D eigenvalue weighted by atomic mass is 35.5. The lowest BCUT2D eigenvalue weighted by molar-refractivity contribution is 0.0221. The molecule has 0 aliphatic rings. The SMILES string of the molecule is COCCOCCOCCC(C)C(Cl)c1ccccc1. The summed E-state index contributed by atoms with van der Waals surface area (Å²) in [6, 6.07) is 10.2. The van der Waals surface area contributed by atoms with E-state index in [2.05, 4.69) is 19.1 Å². The Bertz CT molecular complexity index is 332. The predicted molar refractivity (Wildman–Crippen MR) is 82.3 cm³/mol. The molecule has 0 N–H and O–H groups in total. The van der Waals surface area contributed by atoms with Crippen LogP contribution < -0.4 is 0 Å². The molecule has 2 atom stereocenters. The van der Waals surface area contributed by atoms with E-state index in [1.54, 1.807) is 7.11 Å². The summed E-state index contributed by atoms with van der Waals surface area (Å²) in [5.74, 6) is 0.383. The van der Waals surface area contributed by atoms with Gasteiger partial charge in [0, 0.05) is 13.7 Å². The topological polar surface area (TPSA) is 27.7 Å². The summed E-state index contributed by atoms with van der Waals surface area (Å²) in [7, 11) is 1.66. The molecule has 20 heavy (non-hydrogen) atoms. The number of methoxy groups -OCH3 is 1. The maximum absolute atomic E-state index is 6.46. The van der Waals surface area contributed by atoms with Gasteiger partial charge in [-0.05, 0) is 17.9 Å². The number of hydrogen-bond acceptors (Lipinski definition) is 3. The average molecular weight is 301 g/mol. The number of rotatable bonds is 11. The molecule has 1 aromatic rings. The molecule has 0 spiro atoms. The maximum Gasteiger partial charge on any atom is 0.0701 e. The van der Waals surface area contributed by atoms with Crippen molar-refractivity contribution in [3.05, 3.63) is 35.9 Å². The van der Waals surface area contributed by atoms with Crippen molar-refractivity contribution in [1.29, 1.82) is 0 Å². The number of benzene rings is 1. The Morgan fingerprint density at radius 1 is 0.950 bits per heavy atom. The van der Waals surface area contributed by atoms with Gasteiger partial charge in [0.25, 0.3) is 0 Å². The zero-order valence-corrected chi connectivity index (χ0v) is 13.1. The highest BCUT2D eigenvalue weighted by Crippen LogP contribution is 2.30. The van der Waals surface area contributed by atoms with Gasteiger partial charge in [0.2, 0.25) is 0 Å². The third-order valence-corrected chi connectivity index (χ3v) is 3.82. The second-order valence-electron chi connectivity index (χ2n) is 4.80. The van der Waals surface area contributed by atoms with E-state index in [4.69, 9.17) is 25.8 Å². The zero-order chi connectivity index (χ0) is 14.6. The van der Waals surface area contributed by atoms with Crippen LogP contribution in [-0.4, -0.2) is 40.1 Å². The second kappa shape index (κ2) is 11.1. The van der Waals surface area contributed by atoms with E-state index in [-0.39, 0.29) is 5.38 Å². The van der Waals surface area contributed by atoms with Gasteiger partial charge in [0.1, 0.15) is 0 Å². The first-order chi connectivity index (χ1) is 9.75. The molecule has 0 saturated carbocycles. The summed E-state index contributed by atoms with van der Waals surface area (Å²) in [6.07, 6.45) is 0.946. The maximum atomic E-state index is 6.46. The van der Waals surface area contributed by atoms with Crippen LogP contribution in [-0.2, 0) is 14.2 Å². The summed E-state index contributed by atoms with van der Waals surface area (Å²) >= 11 is 6.46. The fraction of sp³-hybridized carbons (Fsp3) is 0.625. The number of ether oxygens (including phenoxy) is 3. The van der Waals surface area contributed by atoms with E-state index < -0.39 is 0 Å². The van der Waals surface area contributed by atoms with Gasteiger partial charge < -0.3 is 14.2 Å². The van der Waals surface area contributed by atoms with Crippen LogP contribution in [0.3, 0.4) is 0 Å². The Balaban J connectivity index is 2.07. The van der Waals surface area contributed by atoms with Crippen molar-refractivity contribution in [2.24, 2.45) is 5.92 Å². The van der Waals surface area contributed by atoms with Gasteiger partial charge in [-0.25, -0.2) is 0 Å². The van der Waals surface area contributed by atoms with Crippen LogP contribution >= 0.6 is 11.6 Å². The van der Waals surface area contributed by atoms with Gasteiger partial charge >= 0.3 is 0 Å². The summed E-state index contributed by atoms with van der Waals surface area (Å²) < 4.78 is 15.8. The van der Waals surface area contributed by atoms with E-state index in [0.29, 0.717) is 39.0 Å². The lowest BCUT2D eigenvalue weighted by Crippen LogP contribution is -2.11. The summed E-state index contributed by atoms with van der Waals surface area (Å²) in [4.78, 5) is 0. The van der Waals surface area contributed by atoms with Crippen LogP contribution in [0.2, 0.25) is 0 Å². The fourth-order valence-corrected chi connectivity index (χ4v) is 2.12. The fourth-order valence-electron chi connectivity index (χ4n) is 1.85.